The highest BCUT2D eigenvalue weighted by molar-refractivity contribution is 6.33. The van der Waals surface area contributed by atoms with Gasteiger partial charge in [0.25, 0.3) is 5.91 Å². The standard InChI is InChI=1S/C25H25ClN2O4/c1-4-22(32-23-13-10-16(2)14-17(23)3)24(29)27-18-11-12-20(26)21(15-18)28-25(30)31-19-8-6-5-7-9-19/h5-15,22H,4H2,1-3H3,(H,27,29)(H,28,30). The summed E-state index contributed by atoms with van der Waals surface area (Å²) < 4.78 is 11.2. The van der Waals surface area contributed by atoms with Gasteiger partial charge in [0.1, 0.15) is 11.5 Å². The summed E-state index contributed by atoms with van der Waals surface area (Å²) in [6.45, 7) is 5.82. The van der Waals surface area contributed by atoms with Crippen molar-refractivity contribution < 1.29 is 19.1 Å². The van der Waals surface area contributed by atoms with Gasteiger partial charge >= 0.3 is 6.09 Å². The molecule has 6 nitrogen and oxygen atoms in total. The Kier molecular flexibility index (Phi) is 7.73. The van der Waals surface area contributed by atoms with Crippen molar-refractivity contribution in [1.82, 2.24) is 0 Å². The van der Waals surface area contributed by atoms with E-state index in [1.807, 2.05) is 45.0 Å². The van der Waals surface area contributed by atoms with Crippen LogP contribution in [0, 0.1) is 13.8 Å². The van der Waals surface area contributed by atoms with Crippen molar-refractivity contribution in [3.8, 4) is 11.5 Å². The van der Waals surface area contributed by atoms with Gasteiger partial charge in [-0.1, -0.05) is 54.4 Å². The van der Waals surface area contributed by atoms with Crippen LogP contribution < -0.4 is 20.1 Å². The summed E-state index contributed by atoms with van der Waals surface area (Å²) in [6.07, 6.45) is -0.876. The van der Waals surface area contributed by atoms with E-state index < -0.39 is 12.2 Å². The molecule has 0 aliphatic carbocycles. The molecule has 0 saturated heterocycles. The van der Waals surface area contributed by atoms with Crippen LogP contribution in [0.2, 0.25) is 5.02 Å². The summed E-state index contributed by atoms with van der Waals surface area (Å²) in [6, 6.07) is 19.3. The normalized spacial score (nSPS) is 11.4. The van der Waals surface area contributed by atoms with Crippen molar-refractivity contribution in [2.75, 3.05) is 10.6 Å². The van der Waals surface area contributed by atoms with Gasteiger partial charge in [0.2, 0.25) is 0 Å². The van der Waals surface area contributed by atoms with Crippen molar-refractivity contribution in [3.05, 3.63) is 82.9 Å². The maximum Gasteiger partial charge on any atom is 0.417 e. The van der Waals surface area contributed by atoms with Gasteiger partial charge in [0.05, 0.1) is 10.7 Å². The molecule has 2 amide bonds. The largest absolute Gasteiger partial charge is 0.480 e. The Balaban J connectivity index is 1.67. The zero-order valence-electron chi connectivity index (χ0n) is 18.1. The van der Waals surface area contributed by atoms with E-state index in [1.54, 1.807) is 42.5 Å². The summed E-state index contributed by atoms with van der Waals surface area (Å²) in [5.74, 6) is 0.771. The number of nitrogens with one attached hydrogen (secondary N) is 2. The highest BCUT2D eigenvalue weighted by Crippen LogP contribution is 2.27. The predicted molar refractivity (Wildman–Crippen MR) is 127 cm³/mol. The molecular weight excluding hydrogens is 428 g/mol. The number of carbonyl (C=O) groups excluding carboxylic acids is 2. The first kappa shape index (κ1) is 23.2. The lowest BCUT2D eigenvalue weighted by atomic mass is 10.1. The van der Waals surface area contributed by atoms with Gasteiger partial charge in [0.15, 0.2) is 6.10 Å². The van der Waals surface area contributed by atoms with Crippen LogP contribution in [-0.2, 0) is 4.79 Å². The Morgan fingerprint density at radius 2 is 1.72 bits per heavy atom. The van der Waals surface area contributed by atoms with Crippen LogP contribution in [0.3, 0.4) is 0 Å². The van der Waals surface area contributed by atoms with Crippen molar-refractivity contribution in [1.29, 1.82) is 0 Å². The smallest absolute Gasteiger partial charge is 0.417 e. The minimum atomic E-state index is -0.689. The first-order valence-corrected chi connectivity index (χ1v) is 10.6. The molecule has 0 bridgehead atoms. The van der Waals surface area contributed by atoms with Crippen molar-refractivity contribution in [2.24, 2.45) is 0 Å². The number of ether oxygens (including phenoxy) is 2. The molecule has 3 rings (SSSR count). The summed E-state index contributed by atoms with van der Waals surface area (Å²) in [4.78, 5) is 25.0. The number of hydrogen-bond donors (Lipinski definition) is 2. The first-order valence-electron chi connectivity index (χ1n) is 10.2. The van der Waals surface area contributed by atoms with Gasteiger partial charge in [-0.2, -0.15) is 0 Å². The van der Waals surface area contributed by atoms with E-state index in [0.717, 1.165) is 11.1 Å². The third-order valence-electron chi connectivity index (χ3n) is 4.69. The van der Waals surface area contributed by atoms with Crippen LogP contribution in [0.15, 0.2) is 66.7 Å². The SMILES string of the molecule is CCC(Oc1ccc(C)cc1C)C(=O)Nc1ccc(Cl)c(NC(=O)Oc2ccccc2)c1. The number of benzene rings is 3. The van der Waals surface area contributed by atoms with Crippen LogP contribution in [0.25, 0.3) is 0 Å². The third-order valence-corrected chi connectivity index (χ3v) is 5.02. The lowest BCUT2D eigenvalue weighted by Crippen LogP contribution is -2.32. The van der Waals surface area contributed by atoms with Gasteiger partial charge in [-0.25, -0.2) is 4.79 Å². The van der Waals surface area contributed by atoms with Crippen LogP contribution in [-0.4, -0.2) is 18.1 Å². The number of amides is 2. The van der Waals surface area contributed by atoms with Gasteiger partial charge in [0, 0.05) is 5.69 Å². The Morgan fingerprint density at radius 3 is 2.41 bits per heavy atom. The van der Waals surface area contributed by atoms with E-state index in [9.17, 15) is 9.59 Å². The Hall–Kier alpha value is -3.51. The fourth-order valence-corrected chi connectivity index (χ4v) is 3.22. The van der Waals surface area contributed by atoms with Gasteiger partial charge in [-0.3, -0.25) is 10.1 Å². The number of halogens is 1. The quantitative estimate of drug-likeness (QED) is 0.437. The minimum Gasteiger partial charge on any atom is -0.480 e. The van der Waals surface area contributed by atoms with E-state index in [-0.39, 0.29) is 5.91 Å². The topological polar surface area (TPSA) is 76.7 Å². The molecule has 2 N–H and O–H groups in total. The molecule has 1 atom stereocenters. The van der Waals surface area contributed by atoms with E-state index in [0.29, 0.717) is 34.3 Å². The molecular formula is C25H25ClN2O4. The summed E-state index contributed by atoms with van der Waals surface area (Å²) in [7, 11) is 0. The van der Waals surface area contributed by atoms with Crippen molar-refractivity contribution in [3.63, 3.8) is 0 Å². The van der Waals surface area contributed by atoms with Crippen LogP contribution in [0.5, 0.6) is 11.5 Å². The molecule has 0 fully saturated rings. The van der Waals surface area contributed by atoms with Gasteiger partial charge < -0.3 is 14.8 Å². The molecule has 3 aromatic carbocycles. The molecule has 0 radical (unpaired) electrons. The second-order valence-corrected chi connectivity index (χ2v) is 7.70. The van der Waals surface area contributed by atoms with Gasteiger partial charge in [-0.05, 0) is 62.2 Å². The molecule has 0 aliphatic heterocycles. The molecule has 3 aromatic rings. The number of hydrogen-bond acceptors (Lipinski definition) is 4. The molecule has 166 valence electrons. The maximum absolute atomic E-state index is 12.8. The fourth-order valence-electron chi connectivity index (χ4n) is 3.06. The molecule has 0 spiro atoms. The number of anilines is 2. The summed E-state index contributed by atoms with van der Waals surface area (Å²) in [5.41, 5.74) is 2.87. The Bertz CT molecular complexity index is 1100. The van der Waals surface area contributed by atoms with E-state index >= 15 is 0 Å². The average molecular weight is 453 g/mol. The molecule has 1 unspecified atom stereocenters. The zero-order valence-corrected chi connectivity index (χ0v) is 18.9. The second kappa shape index (κ2) is 10.7. The second-order valence-electron chi connectivity index (χ2n) is 7.30. The van der Waals surface area contributed by atoms with Crippen LogP contribution >= 0.6 is 11.6 Å². The first-order chi connectivity index (χ1) is 15.4. The molecule has 0 heterocycles. The highest BCUT2D eigenvalue weighted by Gasteiger charge is 2.20. The molecule has 0 aromatic heterocycles. The van der Waals surface area contributed by atoms with Crippen molar-refractivity contribution >= 4 is 35.0 Å². The lowest BCUT2D eigenvalue weighted by Gasteiger charge is -2.19. The highest BCUT2D eigenvalue weighted by atomic mass is 35.5. The van der Waals surface area contributed by atoms with E-state index in [1.165, 1.54) is 0 Å². The van der Waals surface area contributed by atoms with Crippen molar-refractivity contribution in [2.45, 2.75) is 33.3 Å². The third kappa shape index (κ3) is 6.25. The Labute approximate surface area is 192 Å². The fraction of sp³-hybridized carbons (Fsp3) is 0.200. The average Bonchev–Trinajstić information content (AvgIpc) is 2.76. The summed E-state index contributed by atoms with van der Waals surface area (Å²) >= 11 is 6.20. The molecule has 7 heteroatoms. The van der Waals surface area contributed by atoms with Crippen LogP contribution in [0.1, 0.15) is 24.5 Å². The van der Waals surface area contributed by atoms with Gasteiger partial charge in [-0.15, -0.1) is 0 Å². The monoisotopic (exact) mass is 452 g/mol. The van der Waals surface area contributed by atoms with Crippen LogP contribution in [0.4, 0.5) is 16.2 Å². The summed E-state index contributed by atoms with van der Waals surface area (Å²) in [5, 5.41) is 5.72. The number of aryl methyl sites for hydroxylation is 2. The predicted octanol–water partition coefficient (Wildman–Crippen LogP) is 6.36. The van der Waals surface area contributed by atoms with E-state index in [4.69, 9.17) is 21.1 Å². The zero-order chi connectivity index (χ0) is 23.1. The molecule has 32 heavy (non-hydrogen) atoms. The number of carbonyl (C=O) groups is 2. The molecule has 0 saturated carbocycles. The number of para-hydroxylation sites is 1. The maximum atomic E-state index is 12.8. The Morgan fingerprint density at radius 1 is 0.969 bits per heavy atom. The molecule has 0 aliphatic rings. The van der Waals surface area contributed by atoms with E-state index in [2.05, 4.69) is 10.6 Å². The lowest BCUT2D eigenvalue weighted by molar-refractivity contribution is -0.122. The number of rotatable bonds is 7. The minimum absolute atomic E-state index is 0.299.